The zero-order chi connectivity index (χ0) is 27.5. The van der Waals surface area contributed by atoms with Gasteiger partial charge in [0.05, 0.1) is 36.6 Å². The molecule has 1 aromatic heterocycles. The lowest BCUT2D eigenvalue weighted by Crippen LogP contribution is -2.40. The number of thiazole rings is 1. The Balaban J connectivity index is 1.90. The lowest BCUT2D eigenvalue weighted by Gasteiger charge is -2.27. The van der Waals surface area contributed by atoms with Gasteiger partial charge in [-0.25, -0.2) is 9.79 Å². The van der Waals surface area contributed by atoms with Gasteiger partial charge >= 0.3 is 5.97 Å². The maximum absolute atomic E-state index is 14.0. The summed E-state index contributed by atoms with van der Waals surface area (Å²) < 4.78 is 18.8. The van der Waals surface area contributed by atoms with E-state index in [1.165, 1.54) is 30.1 Å². The van der Waals surface area contributed by atoms with E-state index in [0.717, 1.165) is 5.56 Å². The van der Waals surface area contributed by atoms with Gasteiger partial charge < -0.3 is 14.2 Å². The Morgan fingerprint density at radius 1 is 1.03 bits per heavy atom. The van der Waals surface area contributed by atoms with Crippen molar-refractivity contribution in [1.82, 2.24) is 4.57 Å². The average Bonchev–Trinajstić information content (AvgIpc) is 3.27. The second-order valence-corrected chi connectivity index (χ2v) is 9.95. The van der Waals surface area contributed by atoms with Crippen molar-refractivity contribution in [1.29, 1.82) is 0 Å². The number of hydrogen-bond donors (Lipinski definition) is 0. The second kappa shape index (κ2) is 11.3. The first-order valence-corrected chi connectivity index (χ1v) is 13.4. The van der Waals surface area contributed by atoms with Crippen LogP contribution in [0.1, 0.15) is 29.7 Å². The van der Waals surface area contributed by atoms with Crippen molar-refractivity contribution in [3.63, 3.8) is 0 Å². The zero-order valence-corrected chi connectivity index (χ0v) is 23.1. The summed E-state index contributed by atoms with van der Waals surface area (Å²) >= 11 is 7.62. The van der Waals surface area contributed by atoms with Crippen LogP contribution in [0.4, 0.5) is 0 Å². The summed E-state index contributed by atoms with van der Waals surface area (Å²) in [5.41, 5.74) is 2.32. The molecule has 4 aromatic rings. The predicted octanol–water partition coefficient (Wildman–Crippen LogP) is 4.61. The quantitative estimate of drug-likeness (QED) is 0.309. The molecule has 1 unspecified atom stereocenters. The van der Waals surface area contributed by atoms with Crippen LogP contribution >= 0.6 is 22.9 Å². The fraction of sp³-hybridized carbons (Fsp3) is 0.167. The van der Waals surface area contributed by atoms with E-state index in [2.05, 4.69) is 0 Å². The molecule has 1 aliphatic heterocycles. The summed E-state index contributed by atoms with van der Waals surface area (Å²) in [6.07, 6.45) is 1.74. The number of esters is 1. The average molecular weight is 561 g/mol. The number of halogens is 1. The minimum Gasteiger partial charge on any atom is -0.493 e. The number of hydrogen-bond acceptors (Lipinski definition) is 7. The Hall–Kier alpha value is -4.14. The second-order valence-electron chi connectivity index (χ2n) is 8.54. The molecule has 7 nitrogen and oxygen atoms in total. The number of nitrogens with zero attached hydrogens (tertiary/aromatic N) is 2. The fourth-order valence-corrected chi connectivity index (χ4v) is 5.78. The topological polar surface area (TPSA) is 79.1 Å². The number of aromatic nitrogens is 1. The number of ether oxygens (including phenoxy) is 3. The first kappa shape index (κ1) is 26.5. The van der Waals surface area contributed by atoms with Crippen LogP contribution in [0, 0.1) is 0 Å². The van der Waals surface area contributed by atoms with E-state index < -0.39 is 12.0 Å². The lowest BCUT2D eigenvalue weighted by molar-refractivity contribution is -0.138. The summed E-state index contributed by atoms with van der Waals surface area (Å²) in [5.74, 6) is 0.298. The first-order chi connectivity index (χ1) is 19.0. The number of fused-ring (bicyclic) bond motifs is 1. The van der Waals surface area contributed by atoms with Gasteiger partial charge in [0.15, 0.2) is 16.3 Å². The Morgan fingerprint density at radius 2 is 1.77 bits per heavy atom. The van der Waals surface area contributed by atoms with E-state index in [9.17, 15) is 9.59 Å². The highest BCUT2D eigenvalue weighted by molar-refractivity contribution is 7.07. The SMILES string of the molecule is CCOC(=O)C1=C(c2ccccc2)N=c2sc(=Cc3ccccc3Cl)c(=O)n2C1c1cccc(OC)c1OC. The summed E-state index contributed by atoms with van der Waals surface area (Å²) in [6, 6.07) is 21.1. The van der Waals surface area contributed by atoms with E-state index in [4.69, 9.17) is 30.8 Å². The van der Waals surface area contributed by atoms with Crippen LogP contribution in [0.15, 0.2) is 88.2 Å². The molecule has 0 amide bonds. The van der Waals surface area contributed by atoms with Crippen LogP contribution in [0.25, 0.3) is 11.8 Å². The molecule has 0 aliphatic carbocycles. The van der Waals surface area contributed by atoms with Gasteiger partial charge in [-0.3, -0.25) is 9.36 Å². The molecule has 0 saturated carbocycles. The largest absolute Gasteiger partial charge is 0.493 e. The number of rotatable bonds is 7. The molecule has 3 aromatic carbocycles. The van der Waals surface area contributed by atoms with Crippen molar-refractivity contribution in [3.8, 4) is 11.5 Å². The molecule has 0 saturated heterocycles. The lowest BCUT2D eigenvalue weighted by atomic mass is 9.92. The van der Waals surface area contributed by atoms with Crippen molar-refractivity contribution < 1.29 is 19.0 Å². The highest BCUT2D eigenvalue weighted by Crippen LogP contribution is 2.42. The van der Waals surface area contributed by atoms with Crippen LogP contribution in [0.2, 0.25) is 5.02 Å². The van der Waals surface area contributed by atoms with Gasteiger partial charge in [-0.05, 0) is 30.7 Å². The number of para-hydroxylation sites is 1. The number of carbonyl (C=O) groups excluding carboxylic acids is 1. The van der Waals surface area contributed by atoms with Crippen LogP contribution in [0.3, 0.4) is 0 Å². The van der Waals surface area contributed by atoms with E-state index in [1.807, 2.05) is 54.6 Å². The van der Waals surface area contributed by atoms with E-state index in [-0.39, 0.29) is 17.7 Å². The van der Waals surface area contributed by atoms with E-state index >= 15 is 0 Å². The normalized spacial score (nSPS) is 15.0. The number of methoxy groups -OCH3 is 2. The molecule has 9 heteroatoms. The maximum atomic E-state index is 14.0. The van der Waals surface area contributed by atoms with Crippen LogP contribution < -0.4 is 24.4 Å². The van der Waals surface area contributed by atoms with Gasteiger partial charge in [0.25, 0.3) is 5.56 Å². The summed E-state index contributed by atoms with van der Waals surface area (Å²) in [6.45, 7) is 1.89. The molecule has 2 heterocycles. The van der Waals surface area contributed by atoms with Crippen LogP contribution in [0.5, 0.6) is 11.5 Å². The van der Waals surface area contributed by atoms with Gasteiger partial charge in [-0.1, -0.05) is 83.6 Å². The molecule has 198 valence electrons. The molecule has 5 rings (SSSR count). The third-order valence-electron chi connectivity index (χ3n) is 6.29. The fourth-order valence-electron chi connectivity index (χ4n) is 4.60. The van der Waals surface area contributed by atoms with Crippen molar-refractivity contribution in [3.05, 3.63) is 120 Å². The van der Waals surface area contributed by atoms with Gasteiger partial charge in [0.1, 0.15) is 6.04 Å². The van der Waals surface area contributed by atoms with Gasteiger partial charge in [0.2, 0.25) is 0 Å². The smallest absolute Gasteiger partial charge is 0.338 e. The minimum atomic E-state index is -0.894. The Labute approximate surface area is 233 Å². The van der Waals surface area contributed by atoms with Crippen molar-refractivity contribution >= 4 is 40.7 Å². The van der Waals surface area contributed by atoms with Crippen LogP contribution in [-0.4, -0.2) is 31.4 Å². The highest BCUT2D eigenvalue weighted by Gasteiger charge is 2.37. The van der Waals surface area contributed by atoms with Crippen LogP contribution in [-0.2, 0) is 9.53 Å². The van der Waals surface area contributed by atoms with Crippen molar-refractivity contribution in [2.75, 3.05) is 20.8 Å². The van der Waals surface area contributed by atoms with E-state index in [0.29, 0.717) is 42.7 Å². The molecular formula is C30H25ClN2O5S. The molecule has 0 fully saturated rings. The summed E-state index contributed by atoms with van der Waals surface area (Å²) in [7, 11) is 3.06. The van der Waals surface area contributed by atoms with Gasteiger partial charge in [0, 0.05) is 16.1 Å². The highest BCUT2D eigenvalue weighted by atomic mass is 35.5. The third-order valence-corrected chi connectivity index (χ3v) is 7.62. The molecule has 0 bridgehead atoms. The molecule has 39 heavy (non-hydrogen) atoms. The monoisotopic (exact) mass is 560 g/mol. The third kappa shape index (κ3) is 4.89. The summed E-state index contributed by atoms with van der Waals surface area (Å²) in [5, 5.41) is 0.520. The standard InChI is InChI=1S/C30H25ClN2O5S/c1-4-38-29(35)24-25(18-11-6-5-7-12-18)32-30-33(26(24)20-14-10-16-22(36-2)27(20)37-3)28(34)23(39-30)17-19-13-8-9-15-21(19)31/h5-17,26H,4H2,1-3H3. The van der Waals surface area contributed by atoms with E-state index in [1.54, 1.807) is 31.2 Å². The molecule has 0 spiro atoms. The minimum absolute atomic E-state index is 0.156. The maximum Gasteiger partial charge on any atom is 0.338 e. The Morgan fingerprint density at radius 3 is 2.46 bits per heavy atom. The first-order valence-electron chi connectivity index (χ1n) is 12.2. The van der Waals surface area contributed by atoms with Gasteiger partial charge in [-0.2, -0.15) is 0 Å². The zero-order valence-electron chi connectivity index (χ0n) is 21.5. The number of benzene rings is 3. The Bertz CT molecular complexity index is 1760. The predicted molar refractivity (Wildman–Crippen MR) is 152 cm³/mol. The molecule has 0 radical (unpaired) electrons. The van der Waals surface area contributed by atoms with Crippen molar-refractivity contribution in [2.45, 2.75) is 13.0 Å². The Kier molecular flexibility index (Phi) is 7.67. The molecule has 0 N–H and O–H groups in total. The molecular weight excluding hydrogens is 536 g/mol. The molecule has 1 aliphatic rings. The number of carbonyl (C=O) groups is 1. The van der Waals surface area contributed by atoms with Crippen molar-refractivity contribution in [2.24, 2.45) is 4.99 Å². The molecule has 1 atom stereocenters. The summed E-state index contributed by atoms with van der Waals surface area (Å²) in [4.78, 5) is 32.9. The van der Waals surface area contributed by atoms with Gasteiger partial charge in [-0.15, -0.1) is 0 Å².